The van der Waals surface area contributed by atoms with Gasteiger partial charge in [0.1, 0.15) is 0 Å². The summed E-state index contributed by atoms with van der Waals surface area (Å²) in [5, 5.41) is 3.70. The van der Waals surface area contributed by atoms with Gasteiger partial charge in [-0.3, -0.25) is 0 Å². The second-order valence-electron chi connectivity index (χ2n) is 6.38. The highest BCUT2D eigenvalue weighted by Gasteiger charge is 2.29. The van der Waals surface area contributed by atoms with Crippen LogP contribution in [-0.2, 0) is 0 Å². The van der Waals surface area contributed by atoms with Crippen LogP contribution < -0.4 is 5.32 Å². The molecule has 0 saturated carbocycles. The van der Waals surface area contributed by atoms with E-state index in [9.17, 15) is 0 Å². The van der Waals surface area contributed by atoms with Crippen molar-refractivity contribution in [2.24, 2.45) is 11.3 Å². The van der Waals surface area contributed by atoms with Crippen LogP contribution in [0, 0.1) is 11.3 Å². The molecule has 1 atom stereocenters. The van der Waals surface area contributed by atoms with Crippen LogP contribution in [0.5, 0.6) is 0 Å². The third-order valence-corrected chi connectivity index (χ3v) is 4.57. The fourth-order valence-corrected chi connectivity index (χ4v) is 2.87. The summed E-state index contributed by atoms with van der Waals surface area (Å²) in [6.45, 7) is 15.1. The number of rotatable bonds is 11. The molecule has 0 radical (unpaired) electrons. The van der Waals surface area contributed by atoms with Crippen LogP contribution in [-0.4, -0.2) is 12.6 Å². The Hall–Kier alpha value is -0.0400. The van der Waals surface area contributed by atoms with E-state index in [4.69, 9.17) is 0 Å². The lowest BCUT2D eigenvalue weighted by Crippen LogP contribution is -2.38. The van der Waals surface area contributed by atoms with E-state index in [0.29, 0.717) is 11.5 Å². The Labute approximate surface area is 116 Å². The number of nitrogens with one attached hydrogen (secondary N) is 1. The van der Waals surface area contributed by atoms with Gasteiger partial charge in [-0.2, -0.15) is 0 Å². The topological polar surface area (TPSA) is 12.0 Å². The normalized spacial score (nSPS) is 15.3. The van der Waals surface area contributed by atoms with Crippen LogP contribution >= 0.6 is 0 Å². The predicted molar refractivity (Wildman–Crippen MR) is 84.1 cm³/mol. The zero-order chi connectivity index (χ0) is 14.0. The van der Waals surface area contributed by atoms with Crippen molar-refractivity contribution in [3.8, 4) is 0 Å². The summed E-state index contributed by atoms with van der Waals surface area (Å²) in [7, 11) is 0. The van der Waals surface area contributed by atoms with E-state index in [-0.39, 0.29) is 0 Å². The van der Waals surface area contributed by atoms with E-state index in [1.54, 1.807) is 0 Å². The van der Waals surface area contributed by atoms with Gasteiger partial charge < -0.3 is 5.32 Å². The molecular formula is C17H37N. The fourth-order valence-electron chi connectivity index (χ4n) is 2.87. The predicted octanol–water partition coefficient (Wildman–Crippen LogP) is 5.40. The van der Waals surface area contributed by atoms with Crippen molar-refractivity contribution in [1.29, 1.82) is 0 Å². The third-order valence-electron chi connectivity index (χ3n) is 4.57. The van der Waals surface area contributed by atoms with Crippen LogP contribution in [0.15, 0.2) is 0 Å². The SMILES string of the molecule is CCCCC(CC)(CNC(C)C)CC(CC)CC. The minimum atomic E-state index is 0.539. The standard InChI is InChI=1S/C17H37N/c1-7-11-12-17(10-4,14-18-15(5)6)13-16(8-2)9-3/h15-16,18H,7-14H2,1-6H3. The van der Waals surface area contributed by atoms with Crippen LogP contribution in [0.1, 0.15) is 86.5 Å². The molecule has 0 aliphatic heterocycles. The zero-order valence-electron chi connectivity index (χ0n) is 13.8. The van der Waals surface area contributed by atoms with E-state index in [1.807, 2.05) is 0 Å². The molecule has 1 unspecified atom stereocenters. The Morgan fingerprint density at radius 1 is 1.00 bits per heavy atom. The molecule has 1 heteroatoms. The van der Waals surface area contributed by atoms with Crippen LogP contribution in [0.25, 0.3) is 0 Å². The molecule has 0 heterocycles. The van der Waals surface area contributed by atoms with Gasteiger partial charge in [0, 0.05) is 12.6 Å². The third kappa shape index (κ3) is 6.78. The van der Waals surface area contributed by atoms with Crippen molar-refractivity contribution < 1.29 is 0 Å². The highest BCUT2D eigenvalue weighted by Crippen LogP contribution is 2.37. The molecule has 0 amide bonds. The lowest BCUT2D eigenvalue weighted by molar-refractivity contribution is 0.165. The van der Waals surface area contributed by atoms with Crippen molar-refractivity contribution in [2.75, 3.05) is 6.54 Å². The summed E-state index contributed by atoms with van der Waals surface area (Å²) < 4.78 is 0. The first-order valence-corrected chi connectivity index (χ1v) is 8.26. The Bertz CT molecular complexity index is 184. The zero-order valence-corrected chi connectivity index (χ0v) is 13.8. The molecule has 0 aromatic heterocycles. The summed E-state index contributed by atoms with van der Waals surface area (Å²) in [5.41, 5.74) is 0.539. The van der Waals surface area contributed by atoms with Gasteiger partial charge in [-0.1, -0.05) is 67.2 Å². The molecule has 0 rings (SSSR count). The van der Waals surface area contributed by atoms with Crippen LogP contribution in [0.3, 0.4) is 0 Å². The second kappa shape index (κ2) is 9.83. The highest BCUT2D eigenvalue weighted by molar-refractivity contribution is 4.83. The number of hydrogen-bond acceptors (Lipinski definition) is 1. The first-order chi connectivity index (χ1) is 8.53. The highest BCUT2D eigenvalue weighted by atomic mass is 14.9. The Kier molecular flexibility index (Phi) is 9.81. The summed E-state index contributed by atoms with van der Waals surface area (Å²) in [6.07, 6.45) is 9.52. The van der Waals surface area contributed by atoms with Crippen LogP contribution in [0.2, 0.25) is 0 Å². The maximum atomic E-state index is 3.70. The maximum Gasteiger partial charge on any atom is 0.00106 e. The van der Waals surface area contributed by atoms with Crippen molar-refractivity contribution in [3.63, 3.8) is 0 Å². The van der Waals surface area contributed by atoms with E-state index >= 15 is 0 Å². The summed E-state index contributed by atoms with van der Waals surface area (Å²) in [4.78, 5) is 0. The van der Waals surface area contributed by atoms with Gasteiger partial charge in [0.25, 0.3) is 0 Å². The molecule has 1 nitrogen and oxygen atoms in total. The molecule has 0 aromatic rings. The van der Waals surface area contributed by atoms with Gasteiger partial charge in [0.05, 0.1) is 0 Å². The molecule has 0 aliphatic rings. The van der Waals surface area contributed by atoms with Crippen molar-refractivity contribution in [3.05, 3.63) is 0 Å². The van der Waals surface area contributed by atoms with Crippen molar-refractivity contribution in [2.45, 2.75) is 92.5 Å². The molecule has 0 aromatic carbocycles. The molecule has 110 valence electrons. The number of hydrogen-bond donors (Lipinski definition) is 1. The van der Waals surface area contributed by atoms with E-state index < -0.39 is 0 Å². The monoisotopic (exact) mass is 255 g/mol. The Balaban J connectivity index is 4.61. The van der Waals surface area contributed by atoms with Crippen LogP contribution in [0.4, 0.5) is 0 Å². The van der Waals surface area contributed by atoms with Gasteiger partial charge in [-0.25, -0.2) is 0 Å². The summed E-state index contributed by atoms with van der Waals surface area (Å²) >= 11 is 0. The van der Waals surface area contributed by atoms with Crippen molar-refractivity contribution >= 4 is 0 Å². The lowest BCUT2D eigenvalue weighted by Gasteiger charge is -2.37. The van der Waals surface area contributed by atoms with Gasteiger partial charge in [-0.05, 0) is 30.6 Å². The smallest absolute Gasteiger partial charge is 0.00106 e. The summed E-state index contributed by atoms with van der Waals surface area (Å²) in [6, 6.07) is 0.610. The molecular weight excluding hydrogens is 218 g/mol. The largest absolute Gasteiger partial charge is 0.314 e. The van der Waals surface area contributed by atoms with Gasteiger partial charge in [0.15, 0.2) is 0 Å². The lowest BCUT2D eigenvalue weighted by atomic mass is 9.72. The van der Waals surface area contributed by atoms with E-state index in [0.717, 1.165) is 5.92 Å². The van der Waals surface area contributed by atoms with Gasteiger partial charge in [0.2, 0.25) is 0 Å². The molecule has 18 heavy (non-hydrogen) atoms. The quantitative estimate of drug-likeness (QED) is 0.521. The molecule has 1 N–H and O–H groups in total. The summed E-state index contributed by atoms with van der Waals surface area (Å²) in [5.74, 6) is 0.913. The molecule has 0 bridgehead atoms. The molecule has 0 saturated heterocycles. The Morgan fingerprint density at radius 3 is 2.00 bits per heavy atom. The van der Waals surface area contributed by atoms with Gasteiger partial charge >= 0.3 is 0 Å². The first kappa shape index (κ1) is 18.0. The molecule has 0 aliphatic carbocycles. The first-order valence-electron chi connectivity index (χ1n) is 8.26. The Morgan fingerprint density at radius 2 is 1.61 bits per heavy atom. The van der Waals surface area contributed by atoms with Crippen molar-refractivity contribution in [1.82, 2.24) is 5.32 Å². The molecule has 0 fully saturated rings. The average molecular weight is 255 g/mol. The fraction of sp³-hybridized carbons (Fsp3) is 1.00. The minimum Gasteiger partial charge on any atom is -0.314 e. The molecule has 0 spiro atoms. The van der Waals surface area contributed by atoms with Gasteiger partial charge in [-0.15, -0.1) is 0 Å². The maximum absolute atomic E-state index is 3.70. The minimum absolute atomic E-state index is 0.539. The van der Waals surface area contributed by atoms with E-state index in [1.165, 1.54) is 51.5 Å². The number of unbranched alkanes of at least 4 members (excludes halogenated alkanes) is 1. The van der Waals surface area contributed by atoms with E-state index in [2.05, 4.69) is 46.9 Å². The average Bonchev–Trinajstić information content (AvgIpc) is 2.38. The second-order valence-corrected chi connectivity index (χ2v) is 6.38.